The summed E-state index contributed by atoms with van der Waals surface area (Å²) in [5.74, 6) is -0.613. The molecule has 1 amide bonds. The lowest BCUT2D eigenvalue weighted by atomic mass is 9.72. The Kier molecular flexibility index (Phi) is 6.22. The van der Waals surface area contributed by atoms with Crippen molar-refractivity contribution in [1.82, 2.24) is 25.2 Å². The number of carbonyl (C=O) groups excluding carboxylic acids is 1. The molecule has 37 heavy (non-hydrogen) atoms. The van der Waals surface area contributed by atoms with Crippen molar-refractivity contribution in [3.05, 3.63) is 77.5 Å². The van der Waals surface area contributed by atoms with E-state index in [-0.39, 0.29) is 16.9 Å². The Balaban J connectivity index is 1.26. The topological polar surface area (TPSA) is 83.0 Å². The molecule has 188 valence electrons. The van der Waals surface area contributed by atoms with Gasteiger partial charge in [0.1, 0.15) is 11.5 Å². The van der Waals surface area contributed by atoms with Gasteiger partial charge >= 0.3 is 0 Å². The summed E-state index contributed by atoms with van der Waals surface area (Å²) in [5, 5.41) is 7.66. The minimum atomic E-state index is -0.427. The van der Waals surface area contributed by atoms with Crippen LogP contribution in [0.4, 0.5) is 15.8 Å². The van der Waals surface area contributed by atoms with Crippen molar-refractivity contribution >= 4 is 39.9 Å². The highest BCUT2D eigenvalue weighted by molar-refractivity contribution is 6.30. The number of anilines is 2. The quantitative estimate of drug-likeness (QED) is 0.355. The maximum atomic E-state index is 14.6. The number of piperidine rings is 3. The Bertz CT molecular complexity index is 1470. The number of carbonyl (C=O) groups is 1. The van der Waals surface area contributed by atoms with Gasteiger partial charge in [0.05, 0.1) is 11.4 Å². The summed E-state index contributed by atoms with van der Waals surface area (Å²) in [6.45, 7) is 4.02. The molecule has 7 rings (SSSR count). The number of fused-ring (bicyclic) bond motifs is 4. The normalized spacial score (nSPS) is 20.6. The van der Waals surface area contributed by atoms with Gasteiger partial charge in [-0.05, 0) is 92.8 Å². The van der Waals surface area contributed by atoms with E-state index in [9.17, 15) is 9.18 Å². The minimum absolute atomic E-state index is 0.186. The van der Waals surface area contributed by atoms with Crippen LogP contribution < -0.4 is 10.6 Å². The van der Waals surface area contributed by atoms with Crippen LogP contribution in [0.2, 0.25) is 5.02 Å². The molecule has 0 atom stereocenters. The summed E-state index contributed by atoms with van der Waals surface area (Å²) in [4.78, 5) is 28.7. The summed E-state index contributed by atoms with van der Waals surface area (Å²) in [6.07, 6.45) is 6.62. The molecule has 2 bridgehead atoms. The fourth-order valence-corrected chi connectivity index (χ4v) is 5.47. The van der Waals surface area contributed by atoms with E-state index in [0.29, 0.717) is 40.0 Å². The second-order valence-electron chi connectivity index (χ2n) is 9.88. The average molecular weight is 517 g/mol. The molecule has 3 fully saturated rings. The molecule has 1 aromatic carbocycles. The van der Waals surface area contributed by atoms with E-state index < -0.39 is 5.82 Å². The van der Waals surface area contributed by atoms with Gasteiger partial charge in [-0.2, -0.15) is 0 Å². The van der Waals surface area contributed by atoms with E-state index in [0.717, 1.165) is 44.3 Å². The Morgan fingerprint density at radius 3 is 2.65 bits per heavy atom. The number of nitrogens with one attached hydrogen (secondary N) is 2. The van der Waals surface area contributed by atoms with E-state index in [1.54, 1.807) is 36.7 Å². The molecule has 3 aliphatic rings. The molecule has 9 heteroatoms. The van der Waals surface area contributed by atoms with E-state index >= 15 is 0 Å². The van der Waals surface area contributed by atoms with Gasteiger partial charge in [-0.15, -0.1) is 0 Å². The van der Waals surface area contributed by atoms with Gasteiger partial charge in [0.25, 0.3) is 5.91 Å². The van der Waals surface area contributed by atoms with Crippen LogP contribution in [-0.4, -0.2) is 51.9 Å². The molecular weight excluding hydrogens is 491 g/mol. The second-order valence-corrected chi connectivity index (χ2v) is 10.3. The molecule has 3 aromatic heterocycles. The lowest BCUT2D eigenvalue weighted by molar-refractivity contribution is 0.0261. The van der Waals surface area contributed by atoms with Gasteiger partial charge in [0.2, 0.25) is 0 Å². The molecule has 7 nitrogen and oxygen atoms in total. The summed E-state index contributed by atoms with van der Waals surface area (Å²) < 4.78 is 14.6. The number of nitrogens with zero attached hydrogens (tertiary/aromatic N) is 4. The van der Waals surface area contributed by atoms with Crippen molar-refractivity contribution in [2.75, 3.05) is 31.5 Å². The SMILES string of the molecule is O=C(NCC12CCN(CC1)CC2)c1cc(Nc2cc(-c3cc(Cl)ccc3F)nc3ncccc23)ccn1. The third-order valence-corrected chi connectivity index (χ3v) is 7.79. The average Bonchev–Trinajstić information content (AvgIpc) is 2.94. The molecule has 0 saturated carbocycles. The molecule has 4 aromatic rings. The first-order chi connectivity index (χ1) is 18.0. The standard InChI is InChI=1S/C28H26ClFN6O/c29-18-3-4-22(30)21(14-18)24-16-23(20-2-1-9-32-26(20)35-24)34-19-5-10-31-25(15-19)27(37)33-17-28-6-11-36(12-7-28)13-8-28/h1-5,9-10,14-16H,6-8,11-13,17H2,(H,33,37)(H,31,32,34,35). The number of aromatic nitrogens is 3. The largest absolute Gasteiger partial charge is 0.355 e. The summed E-state index contributed by atoms with van der Waals surface area (Å²) in [7, 11) is 0. The number of rotatable bonds is 6. The van der Waals surface area contributed by atoms with Crippen molar-refractivity contribution in [3.8, 4) is 11.3 Å². The van der Waals surface area contributed by atoms with Crippen LogP contribution >= 0.6 is 11.6 Å². The Hall–Kier alpha value is -3.62. The van der Waals surface area contributed by atoms with Gasteiger partial charge < -0.3 is 15.5 Å². The zero-order chi connectivity index (χ0) is 25.4. The second kappa shape index (κ2) is 9.68. The van der Waals surface area contributed by atoms with Gasteiger partial charge in [-0.3, -0.25) is 9.78 Å². The highest BCUT2D eigenvalue weighted by Gasteiger charge is 2.39. The molecule has 2 N–H and O–H groups in total. The number of halogens is 2. The Labute approximate surface area is 219 Å². The molecule has 0 radical (unpaired) electrons. The molecule has 3 saturated heterocycles. The van der Waals surface area contributed by atoms with E-state index in [4.69, 9.17) is 11.6 Å². The monoisotopic (exact) mass is 516 g/mol. The number of pyridine rings is 3. The van der Waals surface area contributed by atoms with Crippen molar-refractivity contribution in [1.29, 1.82) is 0 Å². The van der Waals surface area contributed by atoms with Crippen LogP contribution in [0.5, 0.6) is 0 Å². The molecule has 0 spiro atoms. The van der Waals surface area contributed by atoms with Crippen molar-refractivity contribution in [3.63, 3.8) is 0 Å². The number of hydrogen-bond donors (Lipinski definition) is 2. The smallest absolute Gasteiger partial charge is 0.269 e. The first-order valence-corrected chi connectivity index (χ1v) is 12.8. The zero-order valence-electron chi connectivity index (χ0n) is 20.2. The zero-order valence-corrected chi connectivity index (χ0v) is 20.9. The maximum absolute atomic E-state index is 14.6. The highest BCUT2D eigenvalue weighted by atomic mass is 35.5. The minimum Gasteiger partial charge on any atom is -0.355 e. The van der Waals surface area contributed by atoms with Gasteiger partial charge in [-0.25, -0.2) is 14.4 Å². The first-order valence-electron chi connectivity index (χ1n) is 12.4. The van der Waals surface area contributed by atoms with E-state index in [1.807, 2.05) is 12.1 Å². The fraction of sp³-hybridized carbons (Fsp3) is 0.286. The van der Waals surface area contributed by atoms with Crippen molar-refractivity contribution in [2.24, 2.45) is 5.41 Å². The predicted molar refractivity (Wildman–Crippen MR) is 143 cm³/mol. The van der Waals surface area contributed by atoms with Gasteiger partial charge in [0.15, 0.2) is 5.65 Å². The van der Waals surface area contributed by atoms with Gasteiger partial charge in [-0.1, -0.05) is 11.6 Å². The summed E-state index contributed by atoms with van der Waals surface area (Å²) in [5.41, 5.74) is 3.05. The molecule has 0 unspecified atom stereocenters. The van der Waals surface area contributed by atoms with Crippen molar-refractivity contribution < 1.29 is 9.18 Å². The van der Waals surface area contributed by atoms with Crippen LogP contribution in [0.1, 0.15) is 29.8 Å². The van der Waals surface area contributed by atoms with Crippen LogP contribution in [0.3, 0.4) is 0 Å². The van der Waals surface area contributed by atoms with Gasteiger partial charge in [0, 0.05) is 40.6 Å². The molecule has 3 aliphatic heterocycles. The van der Waals surface area contributed by atoms with Crippen LogP contribution in [0.15, 0.2) is 60.9 Å². The summed E-state index contributed by atoms with van der Waals surface area (Å²) >= 11 is 6.12. The molecule has 0 aliphatic carbocycles. The third-order valence-electron chi connectivity index (χ3n) is 7.56. The maximum Gasteiger partial charge on any atom is 0.269 e. The highest BCUT2D eigenvalue weighted by Crippen LogP contribution is 2.39. The van der Waals surface area contributed by atoms with Crippen LogP contribution in [0.25, 0.3) is 22.3 Å². The predicted octanol–water partition coefficient (Wildman–Crippen LogP) is 5.44. The number of amides is 1. The lowest BCUT2D eigenvalue weighted by Gasteiger charge is -2.48. The summed E-state index contributed by atoms with van der Waals surface area (Å²) in [6, 6.07) is 13.3. The van der Waals surface area contributed by atoms with Crippen LogP contribution in [-0.2, 0) is 0 Å². The van der Waals surface area contributed by atoms with E-state index in [2.05, 4.69) is 30.5 Å². The Morgan fingerprint density at radius 1 is 1.03 bits per heavy atom. The number of benzene rings is 1. The van der Waals surface area contributed by atoms with Crippen molar-refractivity contribution in [2.45, 2.75) is 19.3 Å². The first kappa shape index (κ1) is 23.8. The van der Waals surface area contributed by atoms with Crippen LogP contribution in [0, 0.1) is 11.2 Å². The molecule has 6 heterocycles. The third kappa shape index (κ3) is 4.86. The number of hydrogen-bond acceptors (Lipinski definition) is 6. The Morgan fingerprint density at radius 2 is 1.84 bits per heavy atom. The molecular formula is C28H26ClFN6O. The lowest BCUT2D eigenvalue weighted by Crippen LogP contribution is -2.52. The van der Waals surface area contributed by atoms with E-state index in [1.165, 1.54) is 12.1 Å². The fourth-order valence-electron chi connectivity index (χ4n) is 5.30.